The zero-order chi connectivity index (χ0) is 15.3. The number of aromatic nitrogens is 2. The van der Waals surface area contributed by atoms with Crippen molar-refractivity contribution >= 4 is 34.1 Å². The molecule has 2 aliphatic heterocycles. The Balaban J connectivity index is 1.69. The van der Waals surface area contributed by atoms with E-state index in [1.54, 1.807) is 6.92 Å². The molecule has 4 rings (SSSR count). The molecule has 1 amide bonds. The highest BCUT2D eigenvalue weighted by molar-refractivity contribution is 6.31. The Morgan fingerprint density at radius 3 is 3.09 bits per heavy atom. The third-order valence-corrected chi connectivity index (χ3v) is 5.25. The van der Waals surface area contributed by atoms with Crippen LogP contribution in [0.5, 0.6) is 0 Å². The van der Waals surface area contributed by atoms with E-state index in [1.165, 1.54) is 6.42 Å². The molecule has 2 saturated heterocycles. The molecule has 2 aromatic rings. The van der Waals surface area contributed by atoms with Gasteiger partial charge in [0.1, 0.15) is 0 Å². The van der Waals surface area contributed by atoms with Gasteiger partial charge in [0.2, 0.25) is 5.91 Å². The Bertz CT molecular complexity index is 728. The fraction of sp³-hybridized carbons (Fsp3) is 0.500. The number of benzene rings is 1. The average molecular weight is 319 g/mol. The van der Waals surface area contributed by atoms with Gasteiger partial charge in [0.25, 0.3) is 0 Å². The van der Waals surface area contributed by atoms with E-state index in [0.717, 1.165) is 42.6 Å². The Morgan fingerprint density at radius 1 is 1.41 bits per heavy atom. The number of carbonyl (C=O) groups excluding carboxylic acids is 1. The number of nitrogens with one attached hydrogen (secondary N) is 1. The monoisotopic (exact) mass is 318 g/mol. The molecular weight excluding hydrogens is 300 g/mol. The molecule has 22 heavy (non-hydrogen) atoms. The second-order valence-corrected chi connectivity index (χ2v) is 6.78. The van der Waals surface area contributed by atoms with Crippen LogP contribution in [0.3, 0.4) is 0 Å². The minimum absolute atomic E-state index is 0.191. The van der Waals surface area contributed by atoms with Gasteiger partial charge in [0, 0.05) is 42.7 Å². The van der Waals surface area contributed by atoms with Crippen LogP contribution < -0.4 is 4.90 Å². The first-order chi connectivity index (χ1) is 10.6. The van der Waals surface area contributed by atoms with Crippen LogP contribution >= 0.6 is 11.6 Å². The zero-order valence-electron chi connectivity index (χ0n) is 12.6. The highest BCUT2D eigenvalue weighted by atomic mass is 35.5. The summed E-state index contributed by atoms with van der Waals surface area (Å²) in [6, 6.07) is 4.24. The minimum Gasteiger partial charge on any atom is -0.368 e. The van der Waals surface area contributed by atoms with Crippen molar-refractivity contribution < 1.29 is 4.79 Å². The van der Waals surface area contributed by atoms with Gasteiger partial charge in [-0.1, -0.05) is 11.6 Å². The first-order valence-corrected chi connectivity index (χ1v) is 8.16. The number of hydrogen-bond donors (Lipinski definition) is 1. The predicted octanol–water partition coefficient (Wildman–Crippen LogP) is 2.66. The van der Waals surface area contributed by atoms with Crippen LogP contribution in [0.25, 0.3) is 10.9 Å². The summed E-state index contributed by atoms with van der Waals surface area (Å²) < 4.78 is 0. The van der Waals surface area contributed by atoms with E-state index in [0.29, 0.717) is 17.0 Å². The van der Waals surface area contributed by atoms with Gasteiger partial charge < -0.3 is 9.80 Å². The van der Waals surface area contributed by atoms with E-state index in [-0.39, 0.29) is 5.91 Å². The van der Waals surface area contributed by atoms with Gasteiger partial charge in [-0.25, -0.2) is 0 Å². The normalized spacial score (nSPS) is 24.8. The number of likely N-dealkylation sites (tertiary alicyclic amines) is 1. The lowest BCUT2D eigenvalue weighted by molar-refractivity contribution is -0.132. The highest BCUT2D eigenvalue weighted by Gasteiger charge is 2.40. The molecule has 3 heterocycles. The van der Waals surface area contributed by atoms with Crippen molar-refractivity contribution in [3.8, 4) is 0 Å². The minimum atomic E-state index is 0.191. The molecule has 0 bridgehead atoms. The lowest BCUT2D eigenvalue weighted by Gasteiger charge is -2.36. The van der Waals surface area contributed by atoms with Crippen LogP contribution in [0.1, 0.15) is 19.8 Å². The quantitative estimate of drug-likeness (QED) is 0.879. The highest BCUT2D eigenvalue weighted by Crippen LogP contribution is 2.37. The molecule has 2 aliphatic rings. The van der Waals surface area contributed by atoms with Gasteiger partial charge in [-0.2, -0.15) is 5.10 Å². The van der Waals surface area contributed by atoms with Crippen LogP contribution in [0.4, 0.5) is 5.69 Å². The topological polar surface area (TPSA) is 52.2 Å². The zero-order valence-corrected chi connectivity index (χ0v) is 13.3. The Kier molecular flexibility index (Phi) is 3.26. The number of nitrogens with zero attached hydrogens (tertiary/aromatic N) is 3. The summed E-state index contributed by atoms with van der Waals surface area (Å²) in [6.45, 7) is 4.43. The maximum absolute atomic E-state index is 11.9. The standard InChI is InChI=1S/C16H19ClN4O/c1-10(22)21-4-2-3-11-8-20(9-16(11)21)15-6-12(17)5-14-13(15)7-18-19-14/h5-7,11,16H,2-4,8-9H2,1H3,(H,18,19). The van der Waals surface area contributed by atoms with E-state index in [4.69, 9.17) is 11.6 Å². The Morgan fingerprint density at radius 2 is 2.27 bits per heavy atom. The number of carbonyl (C=O) groups is 1. The maximum atomic E-state index is 11.9. The molecule has 116 valence electrons. The van der Waals surface area contributed by atoms with Crippen molar-refractivity contribution in [3.63, 3.8) is 0 Å². The van der Waals surface area contributed by atoms with Crippen molar-refractivity contribution in [2.75, 3.05) is 24.5 Å². The number of hydrogen-bond acceptors (Lipinski definition) is 3. The van der Waals surface area contributed by atoms with E-state index in [2.05, 4.69) is 15.1 Å². The summed E-state index contributed by atoms with van der Waals surface area (Å²) in [5.74, 6) is 0.745. The largest absolute Gasteiger partial charge is 0.368 e. The van der Waals surface area contributed by atoms with Crippen molar-refractivity contribution in [2.45, 2.75) is 25.8 Å². The molecule has 2 unspecified atom stereocenters. The first kappa shape index (κ1) is 13.9. The summed E-state index contributed by atoms with van der Waals surface area (Å²) in [4.78, 5) is 16.3. The summed E-state index contributed by atoms with van der Waals surface area (Å²) in [7, 11) is 0. The molecule has 1 N–H and O–H groups in total. The number of anilines is 1. The van der Waals surface area contributed by atoms with Crippen LogP contribution in [0, 0.1) is 5.92 Å². The lowest BCUT2D eigenvalue weighted by Crippen LogP contribution is -2.47. The SMILES string of the molecule is CC(=O)N1CCCC2CN(c3cc(Cl)cc4[nH]ncc34)CC21. The fourth-order valence-corrected chi connectivity index (χ4v) is 4.24. The number of piperidine rings is 1. The van der Waals surface area contributed by atoms with Crippen LogP contribution in [0.15, 0.2) is 18.3 Å². The van der Waals surface area contributed by atoms with Crippen molar-refractivity contribution in [3.05, 3.63) is 23.4 Å². The van der Waals surface area contributed by atoms with Crippen molar-refractivity contribution in [2.24, 2.45) is 5.92 Å². The van der Waals surface area contributed by atoms with Gasteiger partial charge >= 0.3 is 0 Å². The molecule has 2 fully saturated rings. The number of fused-ring (bicyclic) bond motifs is 2. The number of halogens is 1. The number of H-pyrrole nitrogens is 1. The predicted molar refractivity (Wildman–Crippen MR) is 87.2 cm³/mol. The lowest BCUT2D eigenvalue weighted by atomic mass is 9.92. The molecule has 0 spiro atoms. The first-order valence-electron chi connectivity index (χ1n) is 7.78. The van der Waals surface area contributed by atoms with Gasteiger partial charge in [-0.05, 0) is 30.9 Å². The maximum Gasteiger partial charge on any atom is 0.219 e. The van der Waals surface area contributed by atoms with Crippen LogP contribution in [-0.2, 0) is 4.79 Å². The number of rotatable bonds is 1. The molecule has 0 aliphatic carbocycles. The average Bonchev–Trinajstić information content (AvgIpc) is 3.11. The summed E-state index contributed by atoms with van der Waals surface area (Å²) >= 11 is 6.25. The van der Waals surface area contributed by atoms with Gasteiger partial charge in [0.05, 0.1) is 17.8 Å². The van der Waals surface area contributed by atoms with Crippen LogP contribution in [0.2, 0.25) is 5.02 Å². The molecule has 1 aromatic heterocycles. The van der Waals surface area contributed by atoms with E-state index in [9.17, 15) is 4.79 Å². The summed E-state index contributed by atoms with van der Waals surface area (Å²) in [5.41, 5.74) is 2.08. The summed E-state index contributed by atoms with van der Waals surface area (Å²) in [6.07, 6.45) is 4.15. The number of amides is 1. The Labute approximate surface area is 134 Å². The molecule has 2 atom stereocenters. The Hall–Kier alpha value is -1.75. The molecular formula is C16H19ClN4O. The molecule has 0 radical (unpaired) electrons. The molecule has 6 heteroatoms. The molecule has 1 aromatic carbocycles. The number of aromatic amines is 1. The van der Waals surface area contributed by atoms with Gasteiger partial charge in [0.15, 0.2) is 0 Å². The molecule has 5 nitrogen and oxygen atoms in total. The molecule has 0 saturated carbocycles. The second kappa shape index (κ2) is 5.16. The smallest absolute Gasteiger partial charge is 0.219 e. The fourth-order valence-electron chi connectivity index (χ4n) is 4.03. The van der Waals surface area contributed by atoms with E-state index >= 15 is 0 Å². The van der Waals surface area contributed by atoms with E-state index < -0.39 is 0 Å². The van der Waals surface area contributed by atoms with Crippen molar-refractivity contribution in [1.82, 2.24) is 15.1 Å². The van der Waals surface area contributed by atoms with Gasteiger partial charge in [-0.3, -0.25) is 9.89 Å². The summed E-state index contributed by atoms with van der Waals surface area (Å²) in [5, 5.41) is 8.93. The second-order valence-electron chi connectivity index (χ2n) is 6.34. The van der Waals surface area contributed by atoms with E-state index in [1.807, 2.05) is 23.2 Å². The third kappa shape index (κ3) is 2.15. The van der Waals surface area contributed by atoms with Crippen LogP contribution in [-0.4, -0.2) is 46.7 Å². The van der Waals surface area contributed by atoms with Crippen molar-refractivity contribution in [1.29, 1.82) is 0 Å². The van der Waals surface area contributed by atoms with Gasteiger partial charge in [-0.15, -0.1) is 0 Å². The third-order valence-electron chi connectivity index (χ3n) is 5.03.